The van der Waals surface area contributed by atoms with Crippen LogP contribution in [0.3, 0.4) is 0 Å². The highest BCUT2D eigenvalue weighted by Crippen LogP contribution is 2.33. The summed E-state index contributed by atoms with van der Waals surface area (Å²) in [4.78, 5) is 5.15. The van der Waals surface area contributed by atoms with Crippen molar-refractivity contribution in [2.75, 3.05) is 19.3 Å². The third-order valence-corrected chi connectivity index (χ3v) is 6.72. The van der Waals surface area contributed by atoms with E-state index in [0.717, 1.165) is 35.5 Å². The lowest BCUT2D eigenvalue weighted by atomic mass is 9.87. The molecule has 27 heavy (non-hydrogen) atoms. The van der Waals surface area contributed by atoms with E-state index in [4.69, 9.17) is 4.98 Å². The van der Waals surface area contributed by atoms with Gasteiger partial charge in [0.05, 0.1) is 15.9 Å². The number of imidazole rings is 1. The predicted octanol–water partition coefficient (Wildman–Crippen LogP) is 3.42. The summed E-state index contributed by atoms with van der Waals surface area (Å²) in [6.45, 7) is 4.32. The Morgan fingerprint density at radius 1 is 1.11 bits per heavy atom. The number of benzene rings is 2. The molecule has 2 heterocycles. The van der Waals surface area contributed by atoms with Crippen LogP contribution in [0.25, 0.3) is 22.4 Å². The van der Waals surface area contributed by atoms with Gasteiger partial charge < -0.3 is 9.88 Å². The topological polar surface area (TPSA) is 64.0 Å². The van der Waals surface area contributed by atoms with Crippen molar-refractivity contribution in [3.63, 3.8) is 0 Å². The normalized spacial score (nSPS) is 16.1. The van der Waals surface area contributed by atoms with Gasteiger partial charge >= 0.3 is 0 Å². The summed E-state index contributed by atoms with van der Waals surface area (Å²) in [5.41, 5.74) is 5.74. The van der Waals surface area contributed by atoms with E-state index >= 15 is 0 Å². The molecule has 1 aliphatic rings. The molecule has 0 atom stereocenters. The monoisotopic (exact) mass is 383 g/mol. The zero-order valence-corrected chi connectivity index (χ0v) is 16.8. The average Bonchev–Trinajstić information content (AvgIpc) is 2.97. The summed E-state index contributed by atoms with van der Waals surface area (Å²) in [5.74, 6) is 1.45. The molecule has 0 unspecified atom stereocenters. The van der Waals surface area contributed by atoms with Gasteiger partial charge in [-0.15, -0.1) is 0 Å². The molecule has 0 amide bonds. The number of hydrogen-bond donors (Lipinski definition) is 1. The van der Waals surface area contributed by atoms with Crippen molar-refractivity contribution in [3.05, 3.63) is 47.5 Å². The quantitative estimate of drug-likeness (QED) is 0.753. The molecule has 0 spiro atoms. The molecule has 0 radical (unpaired) electrons. The van der Waals surface area contributed by atoms with E-state index in [0.29, 0.717) is 10.8 Å². The Hall–Kier alpha value is -2.18. The van der Waals surface area contributed by atoms with Gasteiger partial charge in [0, 0.05) is 18.9 Å². The van der Waals surface area contributed by atoms with Gasteiger partial charge in [0.2, 0.25) is 0 Å². The van der Waals surface area contributed by atoms with E-state index in [2.05, 4.69) is 28.9 Å². The minimum atomic E-state index is -3.19. The fourth-order valence-electron chi connectivity index (χ4n) is 4.04. The van der Waals surface area contributed by atoms with E-state index in [9.17, 15) is 8.42 Å². The zero-order valence-electron chi connectivity index (χ0n) is 16.0. The number of fused-ring (bicyclic) bond motifs is 1. The van der Waals surface area contributed by atoms with Crippen LogP contribution in [0.4, 0.5) is 0 Å². The summed E-state index contributed by atoms with van der Waals surface area (Å²) < 4.78 is 25.5. The smallest absolute Gasteiger partial charge is 0.175 e. The van der Waals surface area contributed by atoms with E-state index < -0.39 is 9.84 Å². The van der Waals surface area contributed by atoms with Crippen LogP contribution in [-0.2, 0) is 16.9 Å². The SMILES string of the molecule is Cc1cc2nc(-c3ccc(S(C)(=O)=O)cc3)n(C)c2cc1C1CCNCC1. The molecule has 1 saturated heterocycles. The second-order valence-electron chi connectivity index (χ2n) is 7.51. The Kier molecular flexibility index (Phi) is 4.56. The minimum absolute atomic E-state index is 0.328. The van der Waals surface area contributed by atoms with Crippen molar-refractivity contribution >= 4 is 20.9 Å². The molecule has 0 aliphatic carbocycles. The molecule has 5 nitrogen and oxygen atoms in total. The molecule has 1 aromatic heterocycles. The number of hydrogen-bond acceptors (Lipinski definition) is 4. The van der Waals surface area contributed by atoms with Crippen molar-refractivity contribution in [2.45, 2.75) is 30.6 Å². The van der Waals surface area contributed by atoms with Crippen LogP contribution in [-0.4, -0.2) is 37.3 Å². The third kappa shape index (κ3) is 3.39. The number of aryl methyl sites for hydroxylation is 2. The maximum atomic E-state index is 11.7. The molecule has 4 rings (SSSR count). The van der Waals surface area contributed by atoms with Crippen LogP contribution in [0.1, 0.15) is 29.9 Å². The molecule has 6 heteroatoms. The van der Waals surface area contributed by atoms with E-state index in [-0.39, 0.29) is 0 Å². The van der Waals surface area contributed by atoms with Crippen molar-refractivity contribution in [1.82, 2.24) is 14.9 Å². The summed E-state index contributed by atoms with van der Waals surface area (Å²) in [6.07, 6.45) is 3.57. The van der Waals surface area contributed by atoms with Gasteiger partial charge in [-0.3, -0.25) is 0 Å². The van der Waals surface area contributed by atoms with Crippen LogP contribution in [0.5, 0.6) is 0 Å². The van der Waals surface area contributed by atoms with E-state index in [1.807, 2.05) is 19.2 Å². The standard InChI is InChI=1S/C21H25N3O2S/c1-14-12-19-20(13-18(14)15-8-10-22-11-9-15)24(2)21(23-19)16-4-6-17(7-5-16)27(3,25)26/h4-7,12-13,15,22H,8-11H2,1-3H3. The number of aromatic nitrogens is 2. The first kappa shape index (κ1) is 18.2. The first-order valence-corrected chi connectivity index (χ1v) is 11.2. The number of piperidine rings is 1. The van der Waals surface area contributed by atoms with Crippen molar-refractivity contribution in [3.8, 4) is 11.4 Å². The maximum Gasteiger partial charge on any atom is 0.175 e. The van der Waals surface area contributed by atoms with Gasteiger partial charge in [0.1, 0.15) is 5.82 Å². The Balaban J connectivity index is 1.78. The Morgan fingerprint density at radius 2 is 1.78 bits per heavy atom. The van der Waals surface area contributed by atoms with Crippen LogP contribution >= 0.6 is 0 Å². The third-order valence-electron chi connectivity index (χ3n) is 5.59. The number of sulfone groups is 1. The molecular weight excluding hydrogens is 358 g/mol. The van der Waals surface area contributed by atoms with Crippen LogP contribution in [0.15, 0.2) is 41.3 Å². The van der Waals surface area contributed by atoms with Crippen molar-refractivity contribution < 1.29 is 8.42 Å². The van der Waals surface area contributed by atoms with E-state index in [1.54, 1.807) is 12.1 Å². The largest absolute Gasteiger partial charge is 0.327 e. The Labute approximate surface area is 160 Å². The first-order chi connectivity index (χ1) is 12.8. The number of rotatable bonds is 3. The maximum absolute atomic E-state index is 11.7. The first-order valence-electron chi connectivity index (χ1n) is 9.33. The van der Waals surface area contributed by atoms with Crippen LogP contribution in [0.2, 0.25) is 0 Å². The molecule has 3 aromatic rings. The number of nitrogens with zero attached hydrogens (tertiary/aromatic N) is 2. The summed E-state index contributed by atoms with van der Waals surface area (Å²) in [6, 6.07) is 11.4. The van der Waals surface area contributed by atoms with Gasteiger partial charge in [0.15, 0.2) is 9.84 Å². The van der Waals surface area contributed by atoms with Gasteiger partial charge in [-0.25, -0.2) is 13.4 Å². The highest BCUT2D eigenvalue weighted by Gasteiger charge is 2.20. The highest BCUT2D eigenvalue weighted by atomic mass is 32.2. The lowest BCUT2D eigenvalue weighted by Gasteiger charge is -2.24. The van der Waals surface area contributed by atoms with Gasteiger partial charge in [-0.05, 0) is 86.3 Å². The highest BCUT2D eigenvalue weighted by molar-refractivity contribution is 7.90. The second-order valence-corrected chi connectivity index (χ2v) is 9.53. The van der Waals surface area contributed by atoms with E-state index in [1.165, 1.54) is 30.2 Å². The summed E-state index contributed by atoms with van der Waals surface area (Å²) >= 11 is 0. The molecule has 1 N–H and O–H groups in total. The van der Waals surface area contributed by atoms with Gasteiger partial charge in [-0.1, -0.05) is 0 Å². The Bertz CT molecular complexity index is 1090. The molecular formula is C21H25N3O2S. The summed E-state index contributed by atoms with van der Waals surface area (Å²) in [7, 11) is -1.17. The van der Waals surface area contributed by atoms with Crippen molar-refractivity contribution in [1.29, 1.82) is 0 Å². The zero-order chi connectivity index (χ0) is 19.2. The molecule has 1 fully saturated rings. The van der Waals surface area contributed by atoms with Crippen LogP contribution < -0.4 is 5.32 Å². The average molecular weight is 384 g/mol. The van der Waals surface area contributed by atoms with Gasteiger partial charge in [-0.2, -0.15) is 0 Å². The van der Waals surface area contributed by atoms with Crippen LogP contribution in [0, 0.1) is 6.92 Å². The molecule has 142 valence electrons. The van der Waals surface area contributed by atoms with Crippen molar-refractivity contribution in [2.24, 2.45) is 7.05 Å². The Morgan fingerprint density at radius 3 is 2.41 bits per heavy atom. The van der Waals surface area contributed by atoms with Gasteiger partial charge in [0.25, 0.3) is 0 Å². The molecule has 0 bridgehead atoms. The molecule has 1 aliphatic heterocycles. The number of nitrogens with one attached hydrogen (secondary N) is 1. The lowest BCUT2D eigenvalue weighted by molar-refractivity contribution is 0.459. The minimum Gasteiger partial charge on any atom is -0.327 e. The molecule has 0 saturated carbocycles. The summed E-state index contributed by atoms with van der Waals surface area (Å²) in [5, 5.41) is 3.43. The predicted molar refractivity (Wildman–Crippen MR) is 109 cm³/mol. The second kappa shape index (κ2) is 6.77. The fraction of sp³-hybridized carbons (Fsp3) is 0.381. The molecule has 2 aromatic carbocycles. The fourth-order valence-corrected chi connectivity index (χ4v) is 4.67. The lowest BCUT2D eigenvalue weighted by Crippen LogP contribution is -2.26.